The van der Waals surface area contributed by atoms with E-state index in [9.17, 15) is 8.42 Å². The minimum Gasteiger partial charge on any atom is -0.399 e. The lowest BCUT2D eigenvalue weighted by molar-refractivity contribution is 0.00578. The zero-order valence-corrected chi connectivity index (χ0v) is 16.7. The van der Waals surface area contributed by atoms with Crippen LogP contribution in [-0.2, 0) is 19.3 Å². The van der Waals surface area contributed by atoms with Gasteiger partial charge in [-0.05, 0) is 57.4 Å². The van der Waals surface area contributed by atoms with E-state index in [1.165, 1.54) is 6.07 Å². The molecule has 1 aliphatic rings. The molecule has 1 fully saturated rings. The maximum absolute atomic E-state index is 12.8. The van der Waals surface area contributed by atoms with Crippen molar-refractivity contribution in [3.63, 3.8) is 0 Å². The van der Waals surface area contributed by atoms with E-state index >= 15 is 0 Å². The summed E-state index contributed by atoms with van der Waals surface area (Å²) in [6, 6.07) is 13.4. The number of para-hydroxylation sites is 1. The minimum absolute atomic E-state index is 0.0183. The molecule has 0 radical (unpaired) electrons. The van der Waals surface area contributed by atoms with Gasteiger partial charge in [0.15, 0.2) is 0 Å². The van der Waals surface area contributed by atoms with Crippen LogP contribution in [-0.4, -0.2) is 26.7 Å². The summed E-state index contributed by atoms with van der Waals surface area (Å²) in [6.07, 6.45) is 0. The van der Waals surface area contributed by atoms with Gasteiger partial charge in [0.2, 0.25) is 0 Å². The largest absolute Gasteiger partial charge is 0.494 e. The van der Waals surface area contributed by atoms with Gasteiger partial charge in [0, 0.05) is 5.69 Å². The van der Waals surface area contributed by atoms with E-state index < -0.39 is 28.3 Å². The number of nitrogens with one attached hydrogen (secondary N) is 1. The Labute approximate surface area is 159 Å². The number of hydrogen-bond acceptors (Lipinski definition) is 4. The topological polar surface area (TPSA) is 64.6 Å². The molecule has 1 aliphatic heterocycles. The number of benzene rings is 2. The molecule has 2 aromatic rings. The average molecular weight is 394 g/mol. The summed E-state index contributed by atoms with van der Waals surface area (Å²) in [6.45, 7) is 7.77. The Morgan fingerprint density at radius 3 is 2.12 bits per heavy atom. The molecule has 5 nitrogen and oxygen atoms in total. The van der Waals surface area contributed by atoms with Crippen LogP contribution in [0.3, 0.4) is 0 Å². The molecule has 1 heterocycles. The lowest BCUT2D eigenvalue weighted by Crippen LogP contribution is -2.41. The van der Waals surface area contributed by atoms with Crippen molar-refractivity contribution in [1.29, 1.82) is 0 Å². The molecule has 0 unspecified atom stereocenters. The second-order valence-electron chi connectivity index (χ2n) is 7.25. The predicted octanol–water partition coefficient (Wildman–Crippen LogP) is 3.44. The van der Waals surface area contributed by atoms with Crippen molar-refractivity contribution in [1.82, 2.24) is 0 Å². The summed E-state index contributed by atoms with van der Waals surface area (Å²) in [4.78, 5) is -0.0183. The molecule has 26 heavy (non-hydrogen) atoms. The highest BCUT2D eigenvalue weighted by molar-refractivity contribution is 7.92. The molecule has 0 aliphatic carbocycles. The van der Waals surface area contributed by atoms with Gasteiger partial charge in [-0.15, -0.1) is 0 Å². The fourth-order valence-corrected chi connectivity index (χ4v) is 4.16. The van der Waals surface area contributed by atoms with Crippen LogP contribution in [0.4, 0.5) is 5.69 Å². The Bertz CT molecular complexity index is 900. The van der Waals surface area contributed by atoms with Gasteiger partial charge in [0.25, 0.3) is 10.0 Å². The third kappa shape index (κ3) is 3.62. The van der Waals surface area contributed by atoms with Crippen LogP contribution in [0.5, 0.6) is 0 Å². The molecular formula is C18H21BClNO4S. The number of hydrogen-bond donors (Lipinski definition) is 1. The maximum Gasteiger partial charge on any atom is 0.494 e. The number of halogens is 1. The molecule has 0 aromatic heterocycles. The highest BCUT2D eigenvalue weighted by atomic mass is 35.5. The van der Waals surface area contributed by atoms with Gasteiger partial charge in [-0.3, -0.25) is 4.72 Å². The quantitative estimate of drug-likeness (QED) is 0.808. The van der Waals surface area contributed by atoms with Crippen LogP contribution in [0.2, 0.25) is 5.02 Å². The van der Waals surface area contributed by atoms with Gasteiger partial charge in [-0.25, -0.2) is 8.42 Å². The van der Waals surface area contributed by atoms with E-state index in [-0.39, 0.29) is 9.92 Å². The first-order valence-electron chi connectivity index (χ1n) is 8.25. The first-order valence-corrected chi connectivity index (χ1v) is 10.1. The second-order valence-corrected chi connectivity index (χ2v) is 9.31. The van der Waals surface area contributed by atoms with E-state index in [4.69, 9.17) is 20.9 Å². The molecule has 8 heteroatoms. The Morgan fingerprint density at radius 1 is 0.962 bits per heavy atom. The molecule has 138 valence electrons. The highest BCUT2D eigenvalue weighted by Gasteiger charge is 2.51. The molecule has 0 saturated carbocycles. The van der Waals surface area contributed by atoms with Crippen LogP contribution in [0.15, 0.2) is 53.4 Å². The monoisotopic (exact) mass is 393 g/mol. The van der Waals surface area contributed by atoms with E-state index in [1.54, 1.807) is 36.4 Å². The van der Waals surface area contributed by atoms with Gasteiger partial charge in [0.1, 0.15) is 4.90 Å². The molecule has 2 aromatic carbocycles. The molecule has 0 atom stereocenters. The van der Waals surface area contributed by atoms with Crippen LogP contribution >= 0.6 is 11.6 Å². The van der Waals surface area contributed by atoms with Crippen molar-refractivity contribution in [2.45, 2.75) is 43.8 Å². The first-order chi connectivity index (χ1) is 12.0. The van der Waals surface area contributed by atoms with Crippen LogP contribution < -0.4 is 10.2 Å². The van der Waals surface area contributed by atoms with Crippen molar-refractivity contribution in [3.8, 4) is 0 Å². The zero-order chi connectivity index (χ0) is 19.2. The average Bonchev–Trinajstić information content (AvgIpc) is 2.76. The molecule has 3 rings (SSSR count). The van der Waals surface area contributed by atoms with E-state index in [0.717, 1.165) is 0 Å². The van der Waals surface area contributed by atoms with Crippen molar-refractivity contribution in [3.05, 3.63) is 53.6 Å². The molecular weight excluding hydrogens is 373 g/mol. The fourth-order valence-electron chi connectivity index (χ4n) is 2.57. The second kappa shape index (κ2) is 6.57. The van der Waals surface area contributed by atoms with Crippen molar-refractivity contribution in [2.75, 3.05) is 4.72 Å². The predicted molar refractivity (Wildman–Crippen MR) is 104 cm³/mol. The standard InChI is InChI=1S/C18H21BClNO4S/c1-17(2)18(3,4)25-19(24-17)13-10-11-15(20)16(12-13)26(22,23)21-14-8-6-5-7-9-14/h5-12,21H,1-4H3. The highest BCUT2D eigenvalue weighted by Crippen LogP contribution is 2.36. The van der Waals surface area contributed by atoms with Crippen LogP contribution in [0.1, 0.15) is 27.7 Å². The third-order valence-corrected chi connectivity index (χ3v) is 6.66. The van der Waals surface area contributed by atoms with Crippen molar-refractivity contribution in [2.24, 2.45) is 0 Å². The Morgan fingerprint density at radius 2 is 1.54 bits per heavy atom. The van der Waals surface area contributed by atoms with Gasteiger partial charge >= 0.3 is 7.12 Å². The number of sulfonamides is 1. The molecule has 1 saturated heterocycles. The minimum atomic E-state index is -3.85. The summed E-state index contributed by atoms with van der Waals surface area (Å²) >= 11 is 6.16. The Kier molecular flexibility index (Phi) is 4.86. The van der Waals surface area contributed by atoms with Gasteiger partial charge in [-0.2, -0.15) is 0 Å². The van der Waals surface area contributed by atoms with E-state index in [0.29, 0.717) is 11.2 Å². The van der Waals surface area contributed by atoms with E-state index in [2.05, 4.69) is 4.72 Å². The number of rotatable bonds is 4. The maximum atomic E-state index is 12.8. The zero-order valence-electron chi connectivity index (χ0n) is 15.1. The molecule has 1 N–H and O–H groups in total. The van der Waals surface area contributed by atoms with Gasteiger partial charge in [0.05, 0.1) is 16.2 Å². The summed E-state index contributed by atoms with van der Waals surface area (Å²) in [5.41, 5.74) is 0.0307. The third-order valence-electron chi connectivity index (χ3n) is 4.80. The van der Waals surface area contributed by atoms with Crippen LogP contribution in [0, 0.1) is 0 Å². The lowest BCUT2D eigenvalue weighted by Gasteiger charge is -2.32. The van der Waals surface area contributed by atoms with Crippen LogP contribution in [0.25, 0.3) is 0 Å². The first kappa shape index (κ1) is 19.2. The Balaban J connectivity index is 1.94. The van der Waals surface area contributed by atoms with Crippen molar-refractivity contribution >= 4 is 39.9 Å². The van der Waals surface area contributed by atoms with Crippen molar-refractivity contribution < 1.29 is 17.7 Å². The summed E-state index contributed by atoms with van der Waals surface area (Å²) in [5, 5.41) is 0.133. The smallest absolute Gasteiger partial charge is 0.399 e. The normalized spacial score (nSPS) is 18.7. The molecule has 0 amide bonds. The summed E-state index contributed by atoms with van der Waals surface area (Å²) < 4.78 is 40.1. The van der Waals surface area contributed by atoms with E-state index in [1.807, 2.05) is 33.8 Å². The molecule has 0 bridgehead atoms. The Hall–Kier alpha value is -1.54. The summed E-state index contributed by atoms with van der Waals surface area (Å²) in [7, 11) is -4.51. The number of anilines is 1. The lowest BCUT2D eigenvalue weighted by atomic mass is 9.79. The SMILES string of the molecule is CC1(C)OB(c2ccc(Cl)c(S(=O)(=O)Nc3ccccc3)c2)OC1(C)C. The van der Waals surface area contributed by atoms with Gasteiger partial charge in [-0.1, -0.05) is 35.9 Å². The van der Waals surface area contributed by atoms with Gasteiger partial charge < -0.3 is 9.31 Å². The fraction of sp³-hybridized carbons (Fsp3) is 0.333. The molecule has 0 spiro atoms. The summed E-state index contributed by atoms with van der Waals surface area (Å²) in [5.74, 6) is 0.